The lowest BCUT2D eigenvalue weighted by molar-refractivity contribution is -0.152. The standard InChI is InChI=1S/C19H34NO7P/c1-5-25-18(21)17-11-16-10-14(13-28(23,26-6-2)27-7-3)8-9-15(16)12-20(17)19(22)24-4/h14-17H,5-13H2,1-4H3/t14-,15+,16-,17+/m0/s1. The number of ether oxygens (including phenoxy) is 2. The van der Waals surface area contributed by atoms with Crippen LogP contribution in [0.1, 0.15) is 46.5 Å². The molecule has 1 aliphatic carbocycles. The first-order chi connectivity index (χ1) is 13.4. The Hall–Kier alpha value is -1.11. The Balaban J connectivity index is 2.08. The van der Waals surface area contributed by atoms with E-state index in [4.69, 9.17) is 18.5 Å². The van der Waals surface area contributed by atoms with Crippen LogP contribution in [-0.2, 0) is 27.9 Å². The van der Waals surface area contributed by atoms with Crippen LogP contribution in [0, 0.1) is 17.8 Å². The lowest BCUT2D eigenvalue weighted by Crippen LogP contribution is -2.55. The zero-order chi connectivity index (χ0) is 20.7. The third-order valence-electron chi connectivity index (χ3n) is 5.68. The molecular formula is C19H34NO7P. The van der Waals surface area contributed by atoms with Crippen LogP contribution in [0.15, 0.2) is 0 Å². The van der Waals surface area contributed by atoms with Crippen molar-refractivity contribution in [2.75, 3.05) is 39.6 Å². The molecule has 2 aliphatic rings. The normalized spacial score (nSPS) is 27.8. The highest BCUT2D eigenvalue weighted by molar-refractivity contribution is 7.53. The van der Waals surface area contributed by atoms with Crippen LogP contribution in [0.5, 0.6) is 0 Å². The highest BCUT2D eigenvalue weighted by atomic mass is 31.2. The summed E-state index contributed by atoms with van der Waals surface area (Å²) in [6, 6.07) is -0.627. The summed E-state index contributed by atoms with van der Waals surface area (Å²) in [7, 11) is -1.76. The Labute approximate surface area is 167 Å². The lowest BCUT2D eigenvalue weighted by Gasteiger charge is -2.46. The van der Waals surface area contributed by atoms with Gasteiger partial charge in [-0.25, -0.2) is 9.59 Å². The minimum Gasteiger partial charge on any atom is -0.464 e. The number of piperidine rings is 1. The lowest BCUT2D eigenvalue weighted by atomic mass is 9.69. The van der Waals surface area contributed by atoms with Crippen molar-refractivity contribution in [2.24, 2.45) is 17.8 Å². The van der Waals surface area contributed by atoms with E-state index in [1.165, 1.54) is 12.0 Å². The largest absolute Gasteiger partial charge is 0.464 e. The second-order valence-electron chi connectivity index (χ2n) is 7.45. The number of carbonyl (C=O) groups is 2. The van der Waals surface area contributed by atoms with Gasteiger partial charge in [-0.2, -0.15) is 0 Å². The van der Waals surface area contributed by atoms with Gasteiger partial charge >= 0.3 is 19.7 Å². The van der Waals surface area contributed by atoms with Gasteiger partial charge in [0.1, 0.15) is 6.04 Å². The summed E-state index contributed by atoms with van der Waals surface area (Å²) in [6.45, 7) is 6.85. The molecule has 0 unspecified atom stereocenters. The maximum absolute atomic E-state index is 12.9. The summed E-state index contributed by atoms with van der Waals surface area (Å²) in [5, 5.41) is 0. The minimum absolute atomic E-state index is 0.220. The van der Waals surface area contributed by atoms with Gasteiger partial charge < -0.3 is 18.5 Å². The zero-order valence-electron chi connectivity index (χ0n) is 17.4. The van der Waals surface area contributed by atoms with Crippen LogP contribution in [0.3, 0.4) is 0 Å². The van der Waals surface area contributed by atoms with Gasteiger partial charge in [0, 0.05) is 6.54 Å². The third-order valence-corrected chi connectivity index (χ3v) is 7.95. The molecule has 8 nitrogen and oxygen atoms in total. The molecule has 1 saturated heterocycles. The Morgan fingerprint density at radius 3 is 2.25 bits per heavy atom. The maximum Gasteiger partial charge on any atom is 0.410 e. The first-order valence-corrected chi connectivity index (χ1v) is 12.0. The van der Waals surface area contributed by atoms with Crippen molar-refractivity contribution < 1.29 is 32.7 Å². The first-order valence-electron chi connectivity index (χ1n) is 10.3. The van der Waals surface area contributed by atoms with E-state index in [0.717, 1.165) is 19.3 Å². The molecule has 0 spiro atoms. The predicted octanol–water partition coefficient (Wildman–Crippen LogP) is 3.69. The summed E-state index contributed by atoms with van der Waals surface area (Å²) < 4.78 is 33.9. The molecule has 0 bridgehead atoms. The first kappa shape index (κ1) is 23.2. The van der Waals surface area contributed by atoms with Crippen LogP contribution >= 0.6 is 7.60 Å². The molecule has 1 heterocycles. The molecule has 1 saturated carbocycles. The minimum atomic E-state index is -3.09. The summed E-state index contributed by atoms with van der Waals surface area (Å²) >= 11 is 0. The molecule has 0 aromatic carbocycles. The number of esters is 1. The number of methoxy groups -OCH3 is 1. The molecule has 1 amide bonds. The fraction of sp³-hybridized carbons (Fsp3) is 0.895. The van der Waals surface area contributed by atoms with Crippen LogP contribution < -0.4 is 0 Å². The smallest absolute Gasteiger partial charge is 0.410 e. The zero-order valence-corrected chi connectivity index (χ0v) is 18.3. The fourth-order valence-corrected chi connectivity index (χ4v) is 6.58. The van der Waals surface area contributed by atoms with Crippen molar-refractivity contribution in [2.45, 2.75) is 52.5 Å². The Kier molecular flexibility index (Phi) is 8.78. The highest BCUT2D eigenvalue weighted by Gasteiger charge is 2.45. The number of likely N-dealkylation sites (tertiary alicyclic amines) is 1. The van der Waals surface area contributed by atoms with E-state index >= 15 is 0 Å². The number of rotatable bonds is 8. The Bertz CT molecular complexity index is 575. The van der Waals surface area contributed by atoms with Gasteiger partial charge in [0.05, 0.1) is 33.1 Å². The molecule has 0 aromatic heterocycles. The van der Waals surface area contributed by atoms with Gasteiger partial charge in [0.2, 0.25) is 0 Å². The van der Waals surface area contributed by atoms with Crippen molar-refractivity contribution in [3.63, 3.8) is 0 Å². The molecule has 9 heteroatoms. The van der Waals surface area contributed by atoms with Gasteiger partial charge in [-0.1, -0.05) is 0 Å². The van der Waals surface area contributed by atoms with E-state index in [1.54, 1.807) is 6.92 Å². The molecule has 4 atom stereocenters. The SMILES string of the molecule is CCOC(=O)[C@H]1C[C@@H]2C[C@@H](CP(=O)(OCC)OCC)CC[C@@H]2CN1C(=O)OC. The second-order valence-corrected chi connectivity index (χ2v) is 9.56. The van der Waals surface area contributed by atoms with Crippen molar-refractivity contribution in [3.05, 3.63) is 0 Å². The number of hydrogen-bond donors (Lipinski definition) is 0. The van der Waals surface area contributed by atoms with E-state index in [1.807, 2.05) is 13.8 Å². The number of nitrogens with zero attached hydrogens (tertiary/aromatic N) is 1. The van der Waals surface area contributed by atoms with E-state index in [2.05, 4.69) is 0 Å². The van der Waals surface area contributed by atoms with E-state index < -0.39 is 19.7 Å². The molecule has 0 N–H and O–H groups in total. The molecule has 2 fully saturated rings. The van der Waals surface area contributed by atoms with E-state index in [9.17, 15) is 14.2 Å². The number of amides is 1. The summed E-state index contributed by atoms with van der Waals surface area (Å²) in [5.41, 5.74) is 0. The predicted molar refractivity (Wildman–Crippen MR) is 104 cm³/mol. The number of hydrogen-bond acceptors (Lipinski definition) is 7. The van der Waals surface area contributed by atoms with Crippen molar-refractivity contribution in [3.8, 4) is 0 Å². The number of carbonyl (C=O) groups excluding carboxylic acids is 2. The van der Waals surface area contributed by atoms with Crippen LogP contribution in [0.4, 0.5) is 4.79 Å². The number of fused-ring (bicyclic) bond motifs is 1. The van der Waals surface area contributed by atoms with Gasteiger partial charge in [-0.15, -0.1) is 0 Å². The maximum atomic E-state index is 12.9. The topological polar surface area (TPSA) is 91.4 Å². The molecular weight excluding hydrogens is 385 g/mol. The average molecular weight is 419 g/mol. The van der Waals surface area contributed by atoms with Gasteiger partial charge in [0.25, 0.3) is 0 Å². The highest BCUT2D eigenvalue weighted by Crippen LogP contribution is 2.53. The van der Waals surface area contributed by atoms with Gasteiger partial charge in [-0.05, 0) is 64.2 Å². The Morgan fingerprint density at radius 1 is 1.00 bits per heavy atom. The third kappa shape index (κ3) is 5.71. The average Bonchev–Trinajstić information content (AvgIpc) is 2.66. The monoisotopic (exact) mass is 419 g/mol. The summed E-state index contributed by atoms with van der Waals surface area (Å²) in [4.78, 5) is 26.1. The second kappa shape index (κ2) is 10.6. The van der Waals surface area contributed by atoms with Crippen LogP contribution in [0.2, 0.25) is 0 Å². The summed E-state index contributed by atoms with van der Waals surface area (Å²) in [6.07, 6.45) is 3.13. The van der Waals surface area contributed by atoms with E-state index in [-0.39, 0.29) is 24.4 Å². The molecule has 2 rings (SSSR count). The summed E-state index contributed by atoms with van der Waals surface area (Å²) in [5.74, 6) is 0.408. The van der Waals surface area contributed by atoms with Gasteiger partial charge in [-0.3, -0.25) is 9.46 Å². The van der Waals surface area contributed by atoms with Crippen molar-refractivity contribution >= 4 is 19.7 Å². The van der Waals surface area contributed by atoms with Gasteiger partial charge in [0.15, 0.2) is 0 Å². The van der Waals surface area contributed by atoms with Crippen molar-refractivity contribution in [1.29, 1.82) is 0 Å². The fourth-order valence-electron chi connectivity index (χ4n) is 4.55. The molecule has 0 aromatic rings. The molecule has 162 valence electrons. The molecule has 28 heavy (non-hydrogen) atoms. The van der Waals surface area contributed by atoms with E-state index in [0.29, 0.717) is 38.3 Å². The quantitative estimate of drug-likeness (QED) is 0.438. The molecule has 1 aliphatic heterocycles. The van der Waals surface area contributed by atoms with Crippen LogP contribution in [-0.4, -0.2) is 62.6 Å². The van der Waals surface area contributed by atoms with Crippen molar-refractivity contribution in [1.82, 2.24) is 4.90 Å². The van der Waals surface area contributed by atoms with Crippen LogP contribution in [0.25, 0.3) is 0 Å². The Morgan fingerprint density at radius 2 is 1.68 bits per heavy atom. The molecule has 0 radical (unpaired) electrons.